The zero-order valence-electron chi connectivity index (χ0n) is 16.3. The van der Waals surface area contributed by atoms with Crippen molar-refractivity contribution < 1.29 is 0 Å². The summed E-state index contributed by atoms with van der Waals surface area (Å²) in [5.74, 6) is 0. The summed E-state index contributed by atoms with van der Waals surface area (Å²) in [4.78, 5) is 5.11. The summed E-state index contributed by atoms with van der Waals surface area (Å²) in [6.07, 6.45) is 0. The van der Waals surface area contributed by atoms with Gasteiger partial charge in [-0.3, -0.25) is 9.80 Å². The van der Waals surface area contributed by atoms with Crippen LogP contribution in [0.25, 0.3) is 0 Å². The average Bonchev–Trinajstić information content (AvgIpc) is 2.77. The van der Waals surface area contributed by atoms with E-state index in [0.29, 0.717) is 0 Å². The predicted octanol–water partition coefficient (Wildman–Crippen LogP) is 4.25. The average molecular weight is 372 g/mol. The van der Waals surface area contributed by atoms with Crippen molar-refractivity contribution in [3.63, 3.8) is 0 Å². The zero-order chi connectivity index (χ0) is 19.2. The molecule has 4 rings (SSSR count). The Balaban J connectivity index is 1.48. The Labute approximate surface area is 168 Å². The summed E-state index contributed by atoms with van der Waals surface area (Å²) in [7, 11) is 0. The van der Waals surface area contributed by atoms with Gasteiger partial charge < -0.3 is 5.73 Å². The number of nitrogens with zero attached hydrogens (tertiary/aromatic N) is 2. The molecular weight excluding hydrogens is 342 g/mol. The van der Waals surface area contributed by atoms with Crippen molar-refractivity contribution in [1.82, 2.24) is 9.80 Å². The van der Waals surface area contributed by atoms with Crippen LogP contribution in [0.2, 0.25) is 0 Å². The predicted molar refractivity (Wildman–Crippen MR) is 116 cm³/mol. The molecule has 3 nitrogen and oxygen atoms in total. The largest absolute Gasteiger partial charge is 0.322 e. The van der Waals surface area contributed by atoms with Crippen molar-refractivity contribution in [3.8, 4) is 0 Å². The molecule has 0 aliphatic carbocycles. The highest BCUT2D eigenvalue weighted by Gasteiger charge is 2.30. The molecule has 1 fully saturated rings. The van der Waals surface area contributed by atoms with Crippen LogP contribution >= 0.6 is 0 Å². The minimum absolute atomic E-state index is 0.0377. The second-order valence-corrected chi connectivity index (χ2v) is 7.59. The fraction of sp³-hybridized carbons (Fsp3) is 0.280. The van der Waals surface area contributed by atoms with Crippen LogP contribution in [0, 0.1) is 0 Å². The van der Waals surface area contributed by atoms with Gasteiger partial charge in [-0.25, -0.2) is 0 Å². The van der Waals surface area contributed by atoms with E-state index in [1.807, 2.05) is 0 Å². The normalized spacial score (nSPS) is 17.9. The van der Waals surface area contributed by atoms with Crippen LogP contribution in [0.4, 0.5) is 0 Å². The minimum atomic E-state index is -0.0377. The van der Waals surface area contributed by atoms with Gasteiger partial charge in [0.05, 0.1) is 6.04 Å². The van der Waals surface area contributed by atoms with E-state index in [2.05, 4.69) is 101 Å². The number of benzene rings is 3. The lowest BCUT2D eigenvalue weighted by Crippen LogP contribution is -2.49. The van der Waals surface area contributed by atoms with E-state index in [-0.39, 0.29) is 12.1 Å². The summed E-state index contributed by atoms with van der Waals surface area (Å²) in [5, 5.41) is 0. The number of rotatable bonds is 6. The first-order valence-electron chi connectivity index (χ1n) is 10.2. The summed E-state index contributed by atoms with van der Waals surface area (Å²) in [6, 6.07) is 32.1. The minimum Gasteiger partial charge on any atom is -0.322 e. The molecular formula is C25H29N3. The molecule has 28 heavy (non-hydrogen) atoms. The highest BCUT2D eigenvalue weighted by atomic mass is 15.3. The molecule has 0 radical (unpaired) electrons. The third-order valence-corrected chi connectivity index (χ3v) is 5.72. The molecule has 2 atom stereocenters. The van der Waals surface area contributed by atoms with Gasteiger partial charge in [-0.05, 0) is 16.7 Å². The molecule has 1 aliphatic heterocycles. The molecule has 0 spiro atoms. The lowest BCUT2D eigenvalue weighted by Gasteiger charge is -2.42. The highest BCUT2D eigenvalue weighted by Crippen LogP contribution is 2.33. The van der Waals surface area contributed by atoms with E-state index in [0.717, 1.165) is 32.7 Å². The van der Waals surface area contributed by atoms with Gasteiger partial charge in [0.1, 0.15) is 0 Å². The second kappa shape index (κ2) is 9.16. The SMILES string of the molecule is NC(c1ccccc1)C(c1ccccc1)N1CCN(Cc2ccccc2)CC1. The molecule has 3 aromatic carbocycles. The molecule has 144 valence electrons. The van der Waals surface area contributed by atoms with E-state index in [4.69, 9.17) is 5.73 Å². The van der Waals surface area contributed by atoms with Gasteiger partial charge in [0.15, 0.2) is 0 Å². The van der Waals surface area contributed by atoms with Gasteiger partial charge >= 0.3 is 0 Å². The van der Waals surface area contributed by atoms with Crippen molar-refractivity contribution in [2.24, 2.45) is 5.73 Å². The summed E-state index contributed by atoms with van der Waals surface area (Å²) in [6.45, 7) is 5.23. The topological polar surface area (TPSA) is 32.5 Å². The highest BCUT2D eigenvalue weighted by molar-refractivity contribution is 5.27. The fourth-order valence-electron chi connectivity index (χ4n) is 4.19. The van der Waals surface area contributed by atoms with Gasteiger partial charge in [0.25, 0.3) is 0 Å². The number of hydrogen-bond acceptors (Lipinski definition) is 3. The molecule has 1 heterocycles. The molecule has 0 bridgehead atoms. The van der Waals surface area contributed by atoms with Crippen molar-refractivity contribution >= 4 is 0 Å². The maximum absolute atomic E-state index is 6.81. The molecule has 0 amide bonds. The monoisotopic (exact) mass is 371 g/mol. The smallest absolute Gasteiger partial charge is 0.0542 e. The third-order valence-electron chi connectivity index (χ3n) is 5.72. The van der Waals surface area contributed by atoms with E-state index in [9.17, 15) is 0 Å². The zero-order valence-corrected chi connectivity index (χ0v) is 16.3. The van der Waals surface area contributed by atoms with Crippen LogP contribution < -0.4 is 5.73 Å². The van der Waals surface area contributed by atoms with E-state index in [1.165, 1.54) is 16.7 Å². The molecule has 1 saturated heterocycles. The van der Waals surface area contributed by atoms with Gasteiger partial charge in [0.2, 0.25) is 0 Å². The molecule has 3 heteroatoms. The van der Waals surface area contributed by atoms with Crippen LogP contribution in [0.1, 0.15) is 28.8 Å². The Morgan fingerprint density at radius 1 is 0.643 bits per heavy atom. The Morgan fingerprint density at radius 3 is 1.71 bits per heavy atom. The molecule has 2 unspecified atom stereocenters. The van der Waals surface area contributed by atoms with Gasteiger partial charge in [-0.2, -0.15) is 0 Å². The van der Waals surface area contributed by atoms with Crippen LogP contribution in [0.5, 0.6) is 0 Å². The first-order chi connectivity index (χ1) is 13.8. The van der Waals surface area contributed by atoms with Gasteiger partial charge in [-0.1, -0.05) is 91.0 Å². The maximum Gasteiger partial charge on any atom is 0.0542 e. The lowest BCUT2D eigenvalue weighted by atomic mass is 9.92. The Morgan fingerprint density at radius 2 is 1.14 bits per heavy atom. The molecule has 1 aliphatic rings. The third kappa shape index (κ3) is 4.50. The molecule has 0 saturated carbocycles. The molecule has 3 aromatic rings. The lowest BCUT2D eigenvalue weighted by molar-refractivity contribution is 0.0803. The Kier molecular flexibility index (Phi) is 6.17. The quantitative estimate of drug-likeness (QED) is 0.703. The van der Waals surface area contributed by atoms with Crippen molar-refractivity contribution in [3.05, 3.63) is 108 Å². The standard InChI is InChI=1S/C25H29N3/c26-24(22-12-6-2-7-13-22)25(23-14-8-3-9-15-23)28-18-16-27(17-19-28)20-21-10-4-1-5-11-21/h1-15,24-25H,16-20,26H2. The van der Waals surface area contributed by atoms with Crippen molar-refractivity contribution in [2.45, 2.75) is 18.6 Å². The molecule has 2 N–H and O–H groups in total. The second-order valence-electron chi connectivity index (χ2n) is 7.59. The van der Waals surface area contributed by atoms with E-state index >= 15 is 0 Å². The van der Waals surface area contributed by atoms with Crippen LogP contribution in [-0.4, -0.2) is 36.0 Å². The Hall–Kier alpha value is -2.46. The summed E-state index contributed by atoms with van der Waals surface area (Å²) < 4.78 is 0. The van der Waals surface area contributed by atoms with Crippen LogP contribution in [-0.2, 0) is 6.54 Å². The maximum atomic E-state index is 6.81. The first-order valence-corrected chi connectivity index (χ1v) is 10.2. The van der Waals surface area contributed by atoms with E-state index in [1.54, 1.807) is 0 Å². The summed E-state index contributed by atoms with van der Waals surface area (Å²) >= 11 is 0. The van der Waals surface area contributed by atoms with Crippen LogP contribution in [0.15, 0.2) is 91.0 Å². The van der Waals surface area contributed by atoms with Crippen molar-refractivity contribution in [2.75, 3.05) is 26.2 Å². The number of nitrogens with two attached hydrogens (primary N) is 1. The van der Waals surface area contributed by atoms with E-state index < -0.39 is 0 Å². The van der Waals surface area contributed by atoms with Gasteiger partial charge in [0, 0.05) is 38.8 Å². The fourth-order valence-corrected chi connectivity index (χ4v) is 4.19. The van der Waals surface area contributed by atoms with Crippen molar-refractivity contribution in [1.29, 1.82) is 0 Å². The summed E-state index contributed by atoms with van der Waals surface area (Å²) in [5.41, 5.74) is 10.7. The molecule has 0 aromatic heterocycles. The van der Waals surface area contributed by atoms with Crippen LogP contribution in [0.3, 0.4) is 0 Å². The number of hydrogen-bond donors (Lipinski definition) is 1. The van der Waals surface area contributed by atoms with Gasteiger partial charge in [-0.15, -0.1) is 0 Å². The first kappa shape index (κ1) is 18.9. The Bertz CT molecular complexity index is 827. The number of piperazine rings is 1.